The zero-order valence-electron chi connectivity index (χ0n) is 12.3. The lowest BCUT2D eigenvalue weighted by molar-refractivity contribution is -0.122. The molecular weight excluding hydrogens is 286 g/mol. The zero-order valence-corrected chi connectivity index (χ0v) is 13.1. The average molecular weight is 304 g/mol. The number of aryl methyl sites for hydroxylation is 1. The minimum atomic E-state index is -0.634. The molecule has 0 radical (unpaired) electrons. The Bertz CT molecular complexity index is 655. The van der Waals surface area contributed by atoms with Crippen LogP contribution in [0.5, 0.6) is 5.75 Å². The van der Waals surface area contributed by atoms with Crippen molar-refractivity contribution in [1.29, 1.82) is 0 Å². The van der Waals surface area contributed by atoms with Crippen molar-refractivity contribution in [3.05, 3.63) is 58.6 Å². The van der Waals surface area contributed by atoms with E-state index >= 15 is 0 Å². The van der Waals surface area contributed by atoms with Crippen LogP contribution in [0.25, 0.3) is 0 Å². The molecule has 21 heavy (non-hydrogen) atoms. The van der Waals surface area contributed by atoms with Gasteiger partial charge in [-0.2, -0.15) is 0 Å². The number of benzene rings is 2. The van der Waals surface area contributed by atoms with E-state index in [1.54, 1.807) is 19.1 Å². The summed E-state index contributed by atoms with van der Waals surface area (Å²) in [5, 5.41) is 3.37. The molecule has 1 amide bonds. The van der Waals surface area contributed by atoms with Gasteiger partial charge in [-0.25, -0.2) is 0 Å². The molecule has 1 atom stereocenters. The highest BCUT2D eigenvalue weighted by Gasteiger charge is 2.17. The van der Waals surface area contributed by atoms with E-state index < -0.39 is 6.10 Å². The Kier molecular flexibility index (Phi) is 4.86. The summed E-state index contributed by atoms with van der Waals surface area (Å²) < 4.78 is 5.61. The van der Waals surface area contributed by atoms with Crippen LogP contribution < -0.4 is 10.1 Å². The fourth-order valence-corrected chi connectivity index (χ4v) is 2.09. The van der Waals surface area contributed by atoms with E-state index in [-0.39, 0.29) is 5.91 Å². The molecule has 110 valence electrons. The Hall–Kier alpha value is -2.00. The minimum absolute atomic E-state index is 0.205. The number of amides is 1. The van der Waals surface area contributed by atoms with Gasteiger partial charge in [0.2, 0.25) is 0 Å². The van der Waals surface area contributed by atoms with Gasteiger partial charge in [-0.15, -0.1) is 0 Å². The van der Waals surface area contributed by atoms with Gasteiger partial charge in [0.15, 0.2) is 6.10 Å². The number of para-hydroxylation sites is 1. The monoisotopic (exact) mass is 303 g/mol. The smallest absolute Gasteiger partial charge is 0.265 e. The minimum Gasteiger partial charge on any atom is -0.479 e. The van der Waals surface area contributed by atoms with Gasteiger partial charge in [0.05, 0.1) is 5.02 Å². The number of ether oxygens (including phenoxy) is 1. The van der Waals surface area contributed by atoms with Crippen LogP contribution in [-0.2, 0) is 4.79 Å². The van der Waals surface area contributed by atoms with E-state index in [0.29, 0.717) is 10.8 Å². The van der Waals surface area contributed by atoms with Gasteiger partial charge in [0, 0.05) is 5.69 Å². The molecule has 0 aromatic heterocycles. The van der Waals surface area contributed by atoms with Gasteiger partial charge in [-0.1, -0.05) is 35.9 Å². The lowest BCUT2D eigenvalue weighted by atomic mass is 10.1. The first kappa shape index (κ1) is 15.4. The number of halogens is 1. The van der Waals surface area contributed by atoms with Gasteiger partial charge in [-0.3, -0.25) is 4.79 Å². The third-order valence-corrected chi connectivity index (χ3v) is 3.68. The summed E-state index contributed by atoms with van der Waals surface area (Å²) in [5.41, 5.74) is 2.98. The quantitative estimate of drug-likeness (QED) is 0.911. The maximum absolute atomic E-state index is 12.2. The number of carbonyl (C=O) groups excluding carboxylic acids is 1. The molecule has 3 nitrogen and oxygen atoms in total. The van der Waals surface area contributed by atoms with Gasteiger partial charge in [0.25, 0.3) is 5.91 Å². The highest BCUT2D eigenvalue weighted by atomic mass is 35.5. The summed E-state index contributed by atoms with van der Waals surface area (Å²) >= 11 is 6.02. The van der Waals surface area contributed by atoms with Crippen molar-refractivity contribution in [2.24, 2.45) is 0 Å². The number of anilines is 1. The summed E-state index contributed by atoms with van der Waals surface area (Å²) in [6.45, 7) is 5.68. The van der Waals surface area contributed by atoms with E-state index in [4.69, 9.17) is 16.3 Å². The second-order valence-electron chi connectivity index (χ2n) is 4.93. The first-order valence-electron chi connectivity index (χ1n) is 6.77. The van der Waals surface area contributed by atoms with Crippen molar-refractivity contribution >= 4 is 23.2 Å². The van der Waals surface area contributed by atoms with Crippen LogP contribution in [0.15, 0.2) is 42.5 Å². The third-order valence-electron chi connectivity index (χ3n) is 3.37. The fraction of sp³-hybridized carbons (Fsp3) is 0.235. The second kappa shape index (κ2) is 6.64. The third kappa shape index (κ3) is 3.76. The Morgan fingerprint density at radius 1 is 1.14 bits per heavy atom. The first-order chi connectivity index (χ1) is 9.99. The maximum Gasteiger partial charge on any atom is 0.265 e. The molecule has 0 spiro atoms. The Morgan fingerprint density at radius 2 is 1.86 bits per heavy atom. The summed E-state index contributed by atoms with van der Waals surface area (Å²) in [5.74, 6) is 0.298. The molecule has 2 aromatic rings. The molecule has 0 saturated heterocycles. The maximum atomic E-state index is 12.2. The normalized spacial score (nSPS) is 11.8. The van der Waals surface area contributed by atoms with E-state index in [2.05, 4.69) is 5.32 Å². The number of rotatable bonds is 4. The van der Waals surface area contributed by atoms with Crippen LogP contribution in [0.2, 0.25) is 5.02 Å². The van der Waals surface area contributed by atoms with Gasteiger partial charge >= 0.3 is 0 Å². The molecule has 0 saturated carbocycles. The van der Waals surface area contributed by atoms with E-state index in [9.17, 15) is 4.79 Å². The Balaban J connectivity index is 2.06. The van der Waals surface area contributed by atoms with E-state index in [1.165, 1.54) is 0 Å². The van der Waals surface area contributed by atoms with Gasteiger partial charge in [0.1, 0.15) is 5.75 Å². The van der Waals surface area contributed by atoms with Crippen LogP contribution in [0.4, 0.5) is 5.69 Å². The van der Waals surface area contributed by atoms with E-state index in [0.717, 1.165) is 16.8 Å². The summed E-state index contributed by atoms with van der Waals surface area (Å²) in [4.78, 5) is 12.2. The molecule has 0 aliphatic rings. The lowest BCUT2D eigenvalue weighted by Crippen LogP contribution is -2.30. The molecule has 0 aliphatic heterocycles. The average Bonchev–Trinajstić information content (AvgIpc) is 2.46. The van der Waals surface area contributed by atoms with E-state index in [1.807, 2.05) is 44.2 Å². The fourth-order valence-electron chi connectivity index (χ4n) is 1.91. The number of hydrogen-bond donors (Lipinski definition) is 1. The SMILES string of the molecule is Cc1cccc(NC(=O)[C@H](C)Oc2ccccc2Cl)c1C. The van der Waals surface area contributed by atoms with Crippen molar-refractivity contribution in [1.82, 2.24) is 0 Å². The molecule has 0 bridgehead atoms. The van der Waals surface area contributed by atoms with Crippen molar-refractivity contribution in [3.63, 3.8) is 0 Å². The predicted octanol–water partition coefficient (Wildman–Crippen LogP) is 4.36. The summed E-state index contributed by atoms with van der Waals surface area (Å²) in [7, 11) is 0. The standard InChI is InChI=1S/C17H18ClNO2/c1-11-7-6-9-15(12(11)2)19-17(20)13(3)21-16-10-5-4-8-14(16)18/h4-10,13H,1-3H3,(H,19,20)/t13-/m0/s1. The Labute approximate surface area is 129 Å². The van der Waals surface area contributed by atoms with Crippen LogP contribution in [0, 0.1) is 13.8 Å². The van der Waals surface area contributed by atoms with Crippen LogP contribution in [-0.4, -0.2) is 12.0 Å². The first-order valence-corrected chi connectivity index (χ1v) is 7.15. The van der Waals surface area contributed by atoms with Crippen molar-refractivity contribution in [3.8, 4) is 5.75 Å². The van der Waals surface area contributed by atoms with Gasteiger partial charge in [-0.05, 0) is 50.1 Å². The van der Waals surface area contributed by atoms with Crippen molar-refractivity contribution in [2.75, 3.05) is 5.32 Å². The molecule has 2 rings (SSSR count). The molecule has 0 unspecified atom stereocenters. The number of nitrogens with one attached hydrogen (secondary N) is 1. The molecule has 0 fully saturated rings. The lowest BCUT2D eigenvalue weighted by Gasteiger charge is -2.17. The summed E-state index contributed by atoms with van der Waals surface area (Å²) in [6.07, 6.45) is -0.634. The van der Waals surface area contributed by atoms with Crippen molar-refractivity contribution in [2.45, 2.75) is 26.9 Å². The van der Waals surface area contributed by atoms with Crippen LogP contribution in [0.3, 0.4) is 0 Å². The van der Waals surface area contributed by atoms with Gasteiger partial charge < -0.3 is 10.1 Å². The highest BCUT2D eigenvalue weighted by molar-refractivity contribution is 6.32. The molecule has 0 aliphatic carbocycles. The number of carbonyl (C=O) groups is 1. The molecule has 2 aromatic carbocycles. The summed E-state index contributed by atoms with van der Waals surface area (Å²) in [6, 6.07) is 12.9. The molecular formula is C17H18ClNO2. The van der Waals surface area contributed by atoms with Crippen LogP contribution >= 0.6 is 11.6 Å². The molecule has 1 N–H and O–H groups in total. The van der Waals surface area contributed by atoms with Crippen LogP contribution in [0.1, 0.15) is 18.1 Å². The molecule has 0 heterocycles. The van der Waals surface area contributed by atoms with Crippen molar-refractivity contribution < 1.29 is 9.53 Å². The second-order valence-corrected chi connectivity index (χ2v) is 5.33. The zero-order chi connectivity index (χ0) is 15.4. The molecule has 4 heteroatoms. The largest absolute Gasteiger partial charge is 0.479 e. The highest BCUT2D eigenvalue weighted by Crippen LogP contribution is 2.25. The Morgan fingerprint density at radius 3 is 2.57 bits per heavy atom. The number of hydrogen-bond acceptors (Lipinski definition) is 2. The topological polar surface area (TPSA) is 38.3 Å². The predicted molar refractivity (Wildman–Crippen MR) is 86.1 cm³/mol.